The lowest BCUT2D eigenvalue weighted by Crippen LogP contribution is -2.40. The number of hydrogen-bond donors (Lipinski definition) is 2. The topological polar surface area (TPSA) is 45.7 Å². The lowest BCUT2D eigenvalue weighted by Gasteiger charge is -2.14. The highest BCUT2D eigenvalue weighted by Gasteiger charge is 2.00. The Hall–Kier alpha value is -0.980. The normalized spacial score (nSPS) is 10.8. The van der Waals surface area contributed by atoms with Crippen molar-refractivity contribution >= 4 is 29.9 Å². The predicted molar refractivity (Wildman–Crippen MR) is 86.9 cm³/mol. The smallest absolute Gasteiger partial charge is 0.191 e. The molecule has 4 nitrogen and oxygen atoms in total. The van der Waals surface area contributed by atoms with Gasteiger partial charge in [-0.05, 0) is 31.5 Å². The number of nitrogens with zero attached hydrogens (tertiary/aromatic N) is 1. The number of methoxy groups -OCH3 is 1. The van der Waals surface area contributed by atoms with Gasteiger partial charge in [0.15, 0.2) is 5.96 Å². The minimum absolute atomic E-state index is 0. The van der Waals surface area contributed by atoms with Crippen LogP contribution in [0.4, 0.5) is 0 Å². The number of ether oxygens (including phenoxy) is 1. The first-order valence-electron chi connectivity index (χ1n) is 5.76. The number of aliphatic imine (C=N–C) groups is 1. The average Bonchev–Trinajstić information content (AvgIpc) is 2.34. The van der Waals surface area contributed by atoms with Crippen molar-refractivity contribution in [1.29, 1.82) is 0 Å². The standard InChI is InChI=1S/C13H21N3O.HI/c1-10(2)16-13(14-3)15-9-11-6-5-7-12(8-11)17-4;/h5-8,10H,9H2,1-4H3,(H2,14,15,16);1H. The van der Waals surface area contributed by atoms with Crippen molar-refractivity contribution in [3.8, 4) is 5.75 Å². The van der Waals surface area contributed by atoms with Crippen LogP contribution in [0.3, 0.4) is 0 Å². The lowest BCUT2D eigenvalue weighted by atomic mass is 10.2. The largest absolute Gasteiger partial charge is 0.497 e. The summed E-state index contributed by atoms with van der Waals surface area (Å²) in [4.78, 5) is 4.15. The highest BCUT2D eigenvalue weighted by Crippen LogP contribution is 2.11. The second-order valence-electron chi connectivity index (χ2n) is 4.08. The summed E-state index contributed by atoms with van der Waals surface area (Å²) >= 11 is 0. The summed E-state index contributed by atoms with van der Waals surface area (Å²) in [6, 6.07) is 8.35. The molecule has 1 aromatic rings. The van der Waals surface area contributed by atoms with Gasteiger partial charge in [-0.15, -0.1) is 24.0 Å². The molecule has 0 amide bonds. The number of benzene rings is 1. The Morgan fingerprint density at radius 2 is 2.11 bits per heavy atom. The molecule has 0 saturated heterocycles. The molecule has 18 heavy (non-hydrogen) atoms. The monoisotopic (exact) mass is 363 g/mol. The van der Waals surface area contributed by atoms with Crippen molar-refractivity contribution in [2.75, 3.05) is 14.2 Å². The van der Waals surface area contributed by atoms with Crippen LogP contribution in [0.15, 0.2) is 29.3 Å². The first kappa shape index (κ1) is 17.0. The van der Waals surface area contributed by atoms with Crippen molar-refractivity contribution in [2.24, 2.45) is 4.99 Å². The molecule has 0 atom stereocenters. The fourth-order valence-corrected chi connectivity index (χ4v) is 1.44. The molecule has 1 rings (SSSR count). The molecule has 0 spiro atoms. The van der Waals surface area contributed by atoms with Crippen molar-refractivity contribution in [1.82, 2.24) is 10.6 Å². The van der Waals surface area contributed by atoms with Gasteiger partial charge >= 0.3 is 0 Å². The Kier molecular flexibility index (Phi) is 8.53. The van der Waals surface area contributed by atoms with E-state index in [1.54, 1.807) is 14.2 Å². The Labute approximate surface area is 126 Å². The van der Waals surface area contributed by atoms with Crippen molar-refractivity contribution in [3.63, 3.8) is 0 Å². The summed E-state index contributed by atoms with van der Waals surface area (Å²) in [5.41, 5.74) is 1.16. The minimum Gasteiger partial charge on any atom is -0.497 e. The van der Waals surface area contributed by atoms with E-state index < -0.39 is 0 Å². The van der Waals surface area contributed by atoms with Crippen LogP contribution in [0.2, 0.25) is 0 Å². The molecule has 0 radical (unpaired) electrons. The van der Waals surface area contributed by atoms with Crippen LogP contribution >= 0.6 is 24.0 Å². The van der Waals surface area contributed by atoms with Crippen LogP contribution < -0.4 is 15.4 Å². The third-order valence-corrected chi connectivity index (χ3v) is 2.24. The molecule has 0 aliphatic carbocycles. The molecule has 0 heterocycles. The van der Waals surface area contributed by atoms with E-state index in [0.29, 0.717) is 6.04 Å². The number of nitrogens with one attached hydrogen (secondary N) is 2. The summed E-state index contributed by atoms with van der Waals surface area (Å²) in [6.07, 6.45) is 0. The molecule has 5 heteroatoms. The molecule has 0 saturated carbocycles. The molecule has 102 valence electrons. The molecule has 2 N–H and O–H groups in total. The van der Waals surface area contributed by atoms with Crippen LogP contribution in [0.25, 0.3) is 0 Å². The quantitative estimate of drug-likeness (QED) is 0.491. The molecule has 0 unspecified atom stereocenters. The van der Waals surface area contributed by atoms with Gasteiger partial charge in [0.2, 0.25) is 0 Å². The number of hydrogen-bond acceptors (Lipinski definition) is 2. The summed E-state index contributed by atoms with van der Waals surface area (Å²) in [6.45, 7) is 4.89. The Morgan fingerprint density at radius 1 is 1.39 bits per heavy atom. The van der Waals surface area contributed by atoms with Crippen molar-refractivity contribution in [3.05, 3.63) is 29.8 Å². The zero-order valence-corrected chi connectivity index (χ0v) is 13.7. The Balaban J connectivity index is 0.00000289. The van der Waals surface area contributed by atoms with Gasteiger partial charge in [0.05, 0.1) is 7.11 Å². The van der Waals surface area contributed by atoms with Gasteiger partial charge in [-0.3, -0.25) is 4.99 Å². The first-order chi connectivity index (χ1) is 8.15. The molecular formula is C13H22IN3O. The minimum atomic E-state index is 0. The maximum atomic E-state index is 5.18. The molecule has 0 aromatic heterocycles. The average molecular weight is 363 g/mol. The Bertz CT molecular complexity index is 380. The predicted octanol–water partition coefficient (Wildman–Crippen LogP) is 2.39. The fourth-order valence-electron chi connectivity index (χ4n) is 1.44. The number of halogens is 1. The van der Waals surface area contributed by atoms with E-state index in [9.17, 15) is 0 Å². The molecular weight excluding hydrogens is 341 g/mol. The van der Waals surface area contributed by atoms with Crippen molar-refractivity contribution < 1.29 is 4.74 Å². The Morgan fingerprint density at radius 3 is 2.67 bits per heavy atom. The highest BCUT2D eigenvalue weighted by molar-refractivity contribution is 14.0. The van der Waals surface area contributed by atoms with E-state index >= 15 is 0 Å². The summed E-state index contributed by atoms with van der Waals surface area (Å²) in [5.74, 6) is 1.68. The van der Waals surface area contributed by atoms with Gasteiger partial charge < -0.3 is 15.4 Å². The third-order valence-electron chi connectivity index (χ3n) is 2.24. The van der Waals surface area contributed by atoms with Crippen LogP contribution in [-0.2, 0) is 6.54 Å². The van der Waals surface area contributed by atoms with Crippen molar-refractivity contribution in [2.45, 2.75) is 26.4 Å². The maximum Gasteiger partial charge on any atom is 0.191 e. The maximum absolute atomic E-state index is 5.18. The molecule has 0 bridgehead atoms. The summed E-state index contributed by atoms with van der Waals surface area (Å²) < 4.78 is 5.18. The van der Waals surface area contributed by atoms with Gasteiger partial charge in [-0.2, -0.15) is 0 Å². The van der Waals surface area contributed by atoms with Crippen LogP contribution in [-0.4, -0.2) is 26.2 Å². The van der Waals surface area contributed by atoms with Gasteiger partial charge in [-0.1, -0.05) is 12.1 Å². The third kappa shape index (κ3) is 6.09. The molecule has 0 aliphatic heterocycles. The lowest BCUT2D eigenvalue weighted by molar-refractivity contribution is 0.414. The second-order valence-corrected chi connectivity index (χ2v) is 4.08. The number of rotatable bonds is 4. The molecule has 1 aromatic carbocycles. The molecule has 0 aliphatic rings. The first-order valence-corrected chi connectivity index (χ1v) is 5.76. The highest BCUT2D eigenvalue weighted by atomic mass is 127. The number of guanidine groups is 1. The van der Waals surface area contributed by atoms with Crippen LogP contribution in [0.1, 0.15) is 19.4 Å². The van der Waals surface area contributed by atoms with Crippen LogP contribution in [0.5, 0.6) is 5.75 Å². The summed E-state index contributed by atoms with van der Waals surface area (Å²) in [7, 11) is 3.44. The van der Waals surface area contributed by atoms with Gasteiger partial charge in [-0.25, -0.2) is 0 Å². The SMILES string of the molecule is CN=C(NCc1cccc(OC)c1)NC(C)C.I. The zero-order valence-electron chi connectivity index (χ0n) is 11.4. The van der Waals surface area contributed by atoms with E-state index in [2.05, 4.69) is 35.5 Å². The van der Waals surface area contributed by atoms with Gasteiger partial charge in [0.25, 0.3) is 0 Å². The second kappa shape index (κ2) is 9.02. The van der Waals surface area contributed by atoms with E-state index in [1.165, 1.54) is 0 Å². The van der Waals surface area contributed by atoms with E-state index in [1.807, 2.05) is 18.2 Å². The zero-order chi connectivity index (χ0) is 12.7. The summed E-state index contributed by atoms with van der Waals surface area (Å²) in [5, 5.41) is 6.49. The van der Waals surface area contributed by atoms with E-state index in [4.69, 9.17) is 4.74 Å². The molecule has 0 fully saturated rings. The van der Waals surface area contributed by atoms with Gasteiger partial charge in [0.1, 0.15) is 5.75 Å². The fraction of sp³-hybridized carbons (Fsp3) is 0.462. The van der Waals surface area contributed by atoms with Gasteiger partial charge in [0, 0.05) is 19.6 Å². The van der Waals surface area contributed by atoms with Crippen LogP contribution in [0, 0.1) is 0 Å². The van der Waals surface area contributed by atoms with E-state index in [0.717, 1.165) is 23.8 Å². The van der Waals surface area contributed by atoms with E-state index in [-0.39, 0.29) is 24.0 Å².